The van der Waals surface area contributed by atoms with Crippen LogP contribution in [0.1, 0.15) is 61.1 Å². The fourth-order valence-electron chi connectivity index (χ4n) is 2.46. The zero-order valence-electron chi connectivity index (χ0n) is 12.7. The van der Waals surface area contributed by atoms with Crippen molar-refractivity contribution in [3.05, 3.63) is 31.6 Å². The third-order valence-corrected chi connectivity index (χ3v) is 6.83. The molecule has 0 bridgehead atoms. The highest BCUT2D eigenvalue weighted by Crippen LogP contribution is 2.49. The first-order chi connectivity index (χ1) is 8.66. The van der Waals surface area contributed by atoms with E-state index in [0.717, 1.165) is 6.42 Å². The van der Waals surface area contributed by atoms with Gasteiger partial charge >= 0.3 is 0 Å². The molecule has 0 amide bonds. The minimum absolute atomic E-state index is 0.276. The first kappa shape index (κ1) is 13.4. The van der Waals surface area contributed by atoms with Crippen molar-refractivity contribution in [2.45, 2.75) is 58.8 Å². The molecule has 0 saturated heterocycles. The maximum atomic E-state index is 2.44. The number of hydrogen-bond donors (Lipinski definition) is 0. The fraction of sp³-hybridized carbons (Fsp3) is 0.529. The predicted octanol–water partition coefficient (Wildman–Crippen LogP) is 5.98. The highest BCUT2D eigenvalue weighted by atomic mass is 32.1. The monoisotopic (exact) mass is 290 g/mol. The summed E-state index contributed by atoms with van der Waals surface area (Å²) in [6, 6.07) is 4.87. The summed E-state index contributed by atoms with van der Waals surface area (Å²) in [6.07, 6.45) is 1.16. The molecule has 0 unspecified atom stereocenters. The normalized spacial score (nSPS) is 14.6. The van der Waals surface area contributed by atoms with Crippen LogP contribution in [0.5, 0.6) is 0 Å². The molecule has 0 saturated carbocycles. The smallest absolute Gasteiger partial charge is 0.0179 e. The van der Waals surface area contributed by atoms with Crippen molar-refractivity contribution in [2.75, 3.05) is 0 Å². The average molecular weight is 290 g/mol. The maximum Gasteiger partial charge on any atom is 0.0179 e. The van der Waals surface area contributed by atoms with Crippen molar-refractivity contribution in [2.24, 2.45) is 0 Å². The lowest BCUT2D eigenvalue weighted by Gasteiger charge is -2.15. The quantitative estimate of drug-likeness (QED) is 0.478. The molecule has 0 atom stereocenters. The minimum atomic E-state index is 0.276. The van der Waals surface area contributed by atoms with Crippen LogP contribution in [-0.4, -0.2) is 0 Å². The fourth-order valence-corrected chi connectivity index (χ4v) is 5.04. The molecule has 0 fully saturated rings. The number of thiophene rings is 2. The van der Waals surface area contributed by atoms with Gasteiger partial charge in [-0.15, -0.1) is 22.7 Å². The molecule has 2 heteroatoms. The number of hydrogen-bond acceptors (Lipinski definition) is 2. The van der Waals surface area contributed by atoms with Gasteiger partial charge in [0.1, 0.15) is 0 Å². The SMILES string of the molecule is CC(C)(C)c1cc2c(s1)Cc1sc(C(C)(C)C)cc1-2. The van der Waals surface area contributed by atoms with Crippen LogP contribution >= 0.6 is 22.7 Å². The topological polar surface area (TPSA) is 0 Å². The molecular formula is C17H22S2. The second-order valence-corrected chi connectivity index (χ2v) is 9.85. The Labute approximate surface area is 124 Å². The van der Waals surface area contributed by atoms with E-state index >= 15 is 0 Å². The summed E-state index contributed by atoms with van der Waals surface area (Å²) < 4.78 is 0. The van der Waals surface area contributed by atoms with Gasteiger partial charge < -0.3 is 0 Å². The van der Waals surface area contributed by atoms with Crippen molar-refractivity contribution in [3.8, 4) is 11.1 Å². The van der Waals surface area contributed by atoms with Gasteiger partial charge in [0.2, 0.25) is 0 Å². The third-order valence-electron chi connectivity index (χ3n) is 3.71. The molecule has 1 aliphatic carbocycles. The summed E-state index contributed by atoms with van der Waals surface area (Å²) in [7, 11) is 0. The largest absolute Gasteiger partial charge is 0.144 e. The molecule has 2 aromatic rings. The minimum Gasteiger partial charge on any atom is -0.144 e. The molecule has 0 spiro atoms. The molecule has 102 valence electrons. The van der Waals surface area contributed by atoms with E-state index in [9.17, 15) is 0 Å². The number of rotatable bonds is 0. The Morgan fingerprint density at radius 2 is 1.11 bits per heavy atom. The molecule has 1 aliphatic rings. The van der Waals surface area contributed by atoms with E-state index in [1.165, 1.54) is 20.9 Å². The van der Waals surface area contributed by atoms with Crippen LogP contribution in [-0.2, 0) is 17.3 Å². The van der Waals surface area contributed by atoms with Gasteiger partial charge in [0.05, 0.1) is 0 Å². The Bertz CT molecular complexity index is 571. The van der Waals surface area contributed by atoms with Gasteiger partial charge in [-0.25, -0.2) is 0 Å². The van der Waals surface area contributed by atoms with Crippen LogP contribution < -0.4 is 0 Å². The average Bonchev–Trinajstić information content (AvgIpc) is 2.81. The molecule has 0 aromatic carbocycles. The molecule has 0 aliphatic heterocycles. The van der Waals surface area contributed by atoms with Gasteiger partial charge in [0, 0.05) is 25.9 Å². The first-order valence-electron chi connectivity index (χ1n) is 6.93. The van der Waals surface area contributed by atoms with E-state index in [1.54, 1.807) is 9.75 Å². The van der Waals surface area contributed by atoms with Crippen molar-refractivity contribution >= 4 is 22.7 Å². The first-order valence-corrected chi connectivity index (χ1v) is 8.56. The van der Waals surface area contributed by atoms with E-state index in [2.05, 4.69) is 53.7 Å². The molecule has 2 heterocycles. The van der Waals surface area contributed by atoms with Crippen LogP contribution in [0.2, 0.25) is 0 Å². The van der Waals surface area contributed by atoms with Crippen LogP contribution in [0.25, 0.3) is 11.1 Å². The molecule has 19 heavy (non-hydrogen) atoms. The van der Waals surface area contributed by atoms with Gasteiger partial charge in [-0.3, -0.25) is 0 Å². The molecule has 0 radical (unpaired) electrons. The van der Waals surface area contributed by atoms with E-state index in [0.29, 0.717) is 0 Å². The van der Waals surface area contributed by atoms with Crippen molar-refractivity contribution in [3.63, 3.8) is 0 Å². The molecular weight excluding hydrogens is 268 g/mol. The molecule has 0 nitrogen and oxygen atoms in total. The lowest BCUT2D eigenvalue weighted by molar-refractivity contribution is 0.603. The summed E-state index contributed by atoms with van der Waals surface area (Å²) in [5.74, 6) is 0. The van der Waals surface area contributed by atoms with Gasteiger partial charge in [0.25, 0.3) is 0 Å². The van der Waals surface area contributed by atoms with Crippen LogP contribution in [0.3, 0.4) is 0 Å². The Balaban J connectivity index is 2.07. The maximum absolute atomic E-state index is 2.44. The lowest BCUT2D eigenvalue weighted by atomic mass is 9.92. The van der Waals surface area contributed by atoms with Crippen LogP contribution in [0.4, 0.5) is 0 Å². The van der Waals surface area contributed by atoms with E-state index in [-0.39, 0.29) is 10.8 Å². The summed E-state index contributed by atoms with van der Waals surface area (Å²) in [4.78, 5) is 6.19. The summed E-state index contributed by atoms with van der Waals surface area (Å²) in [5, 5.41) is 0. The van der Waals surface area contributed by atoms with Gasteiger partial charge in [-0.2, -0.15) is 0 Å². The standard InChI is InChI=1S/C17H22S2/c1-16(2,3)14-7-10-11-8-15(17(4,5)6)19-13(11)9-12(10)18-14/h7-8H,9H2,1-6H3. The Morgan fingerprint density at radius 1 is 0.737 bits per heavy atom. The Hall–Kier alpha value is -0.600. The van der Waals surface area contributed by atoms with Crippen LogP contribution in [0, 0.1) is 0 Å². The molecule has 2 aromatic heterocycles. The van der Waals surface area contributed by atoms with E-state index in [4.69, 9.17) is 0 Å². The zero-order valence-corrected chi connectivity index (χ0v) is 14.3. The van der Waals surface area contributed by atoms with Crippen molar-refractivity contribution in [1.82, 2.24) is 0 Å². The lowest BCUT2D eigenvalue weighted by Crippen LogP contribution is -2.08. The van der Waals surface area contributed by atoms with Gasteiger partial charge in [0.15, 0.2) is 0 Å². The zero-order chi connectivity index (χ0) is 14.0. The van der Waals surface area contributed by atoms with E-state index < -0.39 is 0 Å². The summed E-state index contributed by atoms with van der Waals surface area (Å²) in [6.45, 7) is 13.9. The Morgan fingerprint density at radius 3 is 1.42 bits per heavy atom. The van der Waals surface area contributed by atoms with E-state index in [1.807, 2.05) is 22.7 Å². The number of fused-ring (bicyclic) bond motifs is 3. The van der Waals surface area contributed by atoms with Crippen molar-refractivity contribution in [1.29, 1.82) is 0 Å². The Kier molecular flexibility index (Phi) is 2.79. The van der Waals surface area contributed by atoms with Crippen molar-refractivity contribution < 1.29 is 0 Å². The second-order valence-electron chi connectivity index (χ2n) is 7.57. The van der Waals surface area contributed by atoms with Crippen LogP contribution in [0.15, 0.2) is 12.1 Å². The second kappa shape index (κ2) is 3.95. The third kappa shape index (κ3) is 2.19. The molecule has 3 rings (SSSR count). The highest BCUT2D eigenvalue weighted by Gasteiger charge is 2.29. The molecule has 0 N–H and O–H groups in total. The summed E-state index contributed by atoms with van der Waals surface area (Å²) >= 11 is 4.02. The summed E-state index contributed by atoms with van der Waals surface area (Å²) in [5.41, 5.74) is 3.57. The van der Waals surface area contributed by atoms with Gasteiger partial charge in [-0.05, 0) is 34.1 Å². The predicted molar refractivity (Wildman–Crippen MR) is 87.8 cm³/mol. The highest BCUT2D eigenvalue weighted by molar-refractivity contribution is 7.15. The van der Waals surface area contributed by atoms with Gasteiger partial charge in [-0.1, -0.05) is 41.5 Å².